The molecule has 11 heteroatoms. The van der Waals surface area contributed by atoms with E-state index in [4.69, 9.17) is 11.6 Å². The molecule has 178 valence electrons. The van der Waals surface area contributed by atoms with Crippen molar-refractivity contribution in [2.24, 2.45) is 0 Å². The number of carbonyl (C=O) groups excluding carboxylic acids is 1. The molecule has 1 aliphatic rings. The third-order valence-corrected chi connectivity index (χ3v) is 6.97. The Morgan fingerprint density at radius 2 is 1.31 bits per heavy atom. The van der Waals surface area contributed by atoms with Crippen molar-refractivity contribution < 1.29 is 14.6 Å². The van der Waals surface area contributed by atoms with E-state index in [9.17, 15) is 25.0 Å². The van der Waals surface area contributed by atoms with Crippen LogP contribution in [0, 0.1) is 20.2 Å². The van der Waals surface area contributed by atoms with Crippen molar-refractivity contribution in [2.45, 2.75) is 9.79 Å². The standard InChI is InChI=1S/C25H15ClN4O5S/c26-16-7-1-2-8-17(16)27-24-20(29(32)33)13-15(14-21(24)30(34)35)25(31)28-18-9-3-5-11-22(18)36-23-12-6-4-10-19(23)28/h1-14,27H. The number of para-hydroxylation sites is 3. The average Bonchev–Trinajstić information content (AvgIpc) is 2.87. The van der Waals surface area contributed by atoms with Crippen LogP contribution in [0.25, 0.3) is 0 Å². The lowest BCUT2D eigenvalue weighted by Crippen LogP contribution is -2.28. The highest BCUT2D eigenvalue weighted by Crippen LogP contribution is 2.49. The Balaban J connectivity index is 1.67. The van der Waals surface area contributed by atoms with Crippen LogP contribution in [0.4, 0.5) is 34.1 Å². The Bertz CT molecular complexity index is 1480. The SMILES string of the molecule is O=C(c1cc([N+](=O)[O-])c(Nc2ccccc2Cl)c([N+](=O)[O-])c1)N1c2ccccc2Sc2ccccc21. The van der Waals surface area contributed by atoms with Crippen LogP contribution in [0.1, 0.15) is 10.4 Å². The summed E-state index contributed by atoms with van der Waals surface area (Å²) >= 11 is 7.64. The number of anilines is 4. The first-order valence-corrected chi connectivity index (χ1v) is 11.7. The smallest absolute Gasteiger partial charge is 0.300 e. The zero-order valence-corrected chi connectivity index (χ0v) is 19.8. The van der Waals surface area contributed by atoms with E-state index in [1.54, 1.807) is 42.5 Å². The Labute approximate surface area is 213 Å². The van der Waals surface area contributed by atoms with Crippen LogP contribution < -0.4 is 10.2 Å². The molecule has 0 bridgehead atoms. The molecule has 0 radical (unpaired) electrons. The van der Waals surface area contributed by atoms with Gasteiger partial charge in [0.1, 0.15) is 0 Å². The molecular formula is C25H15ClN4O5S. The minimum absolute atomic E-state index is 0.199. The zero-order chi connectivity index (χ0) is 25.4. The third kappa shape index (κ3) is 4.12. The summed E-state index contributed by atoms with van der Waals surface area (Å²) in [6.45, 7) is 0. The summed E-state index contributed by atoms with van der Waals surface area (Å²) in [5.74, 6) is -0.634. The summed E-state index contributed by atoms with van der Waals surface area (Å²) in [6, 6.07) is 22.9. The van der Waals surface area contributed by atoms with Gasteiger partial charge in [0.15, 0.2) is 5.69 Å². The van der Waals surface area contributed by atoms with Gasteiger partial charge in [0, 0.05) is 21.9 Å². The van der Waals surface area contributed by atoms with Gasteiger partial charge in [-0.2, -0.15) is 0 Å². The number of benzene rings is 4. The first kappa shape index (κ1) is 23.3. The number of amides is 1. The highest BCUT2D eigenvalue weighted by Gasteiger charge is 2.34. The van der Waals surface area contributed by atoms with E-state index in [1.165, 1.54) is 22.7 Å². The quantitative estimate of drug-likeness (QED) is 0.217. The van der Waals surface area contributed by atoms with E-state index in [2.05, 4.69) is 5.32 Å². The minimum Gasteiger partial charge on any atom is -0.343 e. The first-order chi connectivity index (χ1) is 17.3. The van der Waals surface area contributed by atoms with Crippen molar-refractivity contribution in [2.75, 3.05) is 10.2 Å². The summed E-state index contributed by atoms with van der Waals surface area (Å²) in [7, 11) is 0. The predicted octanol–water partition coefficient (Wildman–Crippen LogP) is 7.34. The number of halogens is 1. The van der Waals surface area contributed by atoms with Crippen molar-refractivity contribution in [1.82, 2.24) is 0 Å². The maximum atomic E-state index is 13.8. The molecule has 0 saturated carbocycles. The van der Waals surface area contributed by atoms with Crippen LogP contribution in [-0.2, 0) is 0 Å². The van der Waals surface area contributed by atoms with E-state index in [1.807, 2.05) is 24.3 Å². The van der Waals surface area contributed by atoms with E-state index in [0.29, 0.717) is 11.4 Å². The van der Waals surface area contributed by atoms with Gasteiger partial charge in [0.05, 0.1) is 37.5 Å². The molecule has 0 unspecified atom stereocenters. The number of carbonyl (C=O) groups is 1. The van der Waals surface area contributed by atoms with Crippen LogP contribution in [0.5, 0.6) is 0 Å². The molecule has 0 aromatic heterocycles. The second-order valence-corrected chi connectivity index (χ2v) is 9.18. The van der Waals surface area contributed by atoms with Crippen LogP contribution in [-0.4, -0.2) is 15.8 Å². The normalized spacial score (nSPS) is 11.9. The largest absolute Gasteiger partial charge is 0.343 e. The highest BCUT2D eigenvalue weighted by atomic mass is 35.5. The summed E-state index contributed by atoms with van der Waals surface area (Å²) in [5.41, 5.74) is -0.412. The van der Waals surface area contributed by atoms with E-state index in [-0.39, 0.29) is 22.0 Å². The van der Waals surface area contributed by atoms with Gasteiger partial charge in [0.2, 0.25) is 0 Å². The number of fused-ring (bicyclic) bond motifs is 2. The lowest BCUT2D eigenvalue weighted by Gasteiger charge is -2.31. The van der Waals surface area contributed by atoms with Crippen molar-refractivity contribution in [3.8, 4) is 0 Å². The molecule has 1 amide bonds. The summed E-state index contributed by atoms with van der Waals surface area (Å²) in [5, 5.41) is 26.9. The average molecular weight is 519 g/mol. The highest BCUT2D eigenvalue weighted by molar-refractivity contribution is 7.99. The molecule has 0 atom stereocenters. The second-order valence-electron chi connectivity index (χ2n) is 7.69. The maximum absolute atomic E-state index is 13.8. The number of nitro benzene ring substituents is 2. The van der Waals surface area contributed by atoms with Gasteiger partial charge >= 0.3 is 11.4 Å². The molecule has 4 aromatic carbocycles. The number of nitrogens with zero attached hydrogens (tertiary/aromatic N) is 3. The van der Waals surface area contributed by atoms with Crippen molar-refractivity contribution in [3.05, 3.63) is 116 Å². The molecule has 0 aliphatic carbocycles. The Hall–Kier alpha value is -4.41. The summed E-state index contributed by atoms with van der Waals surface area (Å²) in [6.07, 6.45) is 0. The Morgan fingerprint density at radius 3 is 1.83 bits per heavy atom. The van der Waals surface area contributed by atoms with Gasteiger partial charge in [-0.3, -0.25) is 29.9 Å². The second kappa shape index (κ2) is 9.33. The molecule has 0 spiro atoms. The van der Waals surface area contributed by atoms with E-state index in [0.717, 1.165) is 21.9 Å². The lowest BCUT2D eigenvalue weighted by molar-refractivity contribution is -0.392. The van der Waals surface area contributed by atoms with Crippen LogP contribution >= 0.6 is 23.4 Å². The number of hydrogen-bond acceptors (Lipinski definition) is 7. The number of rotatable bonds is 5. The number of nitro groups is 2. The molecule has 1 aliphatic heterocycles. The monoisotopic (exact) mass is 518 g/mol. The molecule has 9 nitrogen and oxygen atoms in total. The fraction of sp³-hybridized carbons (Fsp3) is 0. The third-order valence-electron chi connectivity index (χ3n) is 5.51. The lowest BCUT2D eigenvalue weighted by atomic mass is 10.1. The molecule has 4 aromatic rings. The molecule has 5 rings (SSSR count). The molecule has 1 heterocycles. The Kier molecular flexibility index (Phi) is 6.05. The first-order valence-electron chi connectivity index (χ1n) is 10.5. The maximum Gasteiger partial charge on any atom is 0.300 e. The van der Waals surface area contributed by atoms with Crippen molar-refractivity contribution in [3.63, 3.8) is 0 Å². The summed E-state index contributed by atoms with van der Waals surface area (Å²) < 4.78 is 0. The van der Waals surface area contributed by atoms with Gasteiger partial charge in [-0.25, -0.2) is 0 Å². The van der Waals surface area contributed by atoms with Gasteiger partial charge in [-0.1, -0.05) is 59.8 Å². The van der Waals surface area contributed by atoms with Crippen LogP contribution in [0.15, 0.2) is 94.7 Å². The zero-order valence-electron chi connectivity index (χ0n) is 18.3. The van der Waals surface area contributed by atoms with Gasteiger partial charge in [0.25, 0.3) is 5.91 Å². The fourth-order valence-electron chi connectivity index (χ4n) is 3.90. The van der Waals surface area contributed by atoms with Gasteiger partial charge < -0.3 is 5.32 Å². The number of hydrogen-bond donors (Lipinski definition) is 1. The van der Waals surface area contributed by atoms with Gasteiger partial charge in [-0.15, -0.1) is 0 Å². The number of nitrogens with one attached hydrogen (secondary N) is 1. The molecule has 1 N–H and O–H groups in total. The molecule has 36 heavy (non-hydrogen) atoms. The van der Waals surface area contributed by atoms with Crippen molar-refractivity contribution in [1.29, 1.82) is 0 Å². The van der Waals surface area contributed by atoms with Crippen molar-refractivity contribution >= 4 is 63.4 Å². The molecule has 0 fully saturated rings. The topological polar surface area (TPSA) is 119 Å². The van der Waals surface area contributed by atoms with Gasteiger partial charge in [-0.05, 0) is 36.4 Å². The van der Waals surface area contributed by atoms with Crippen LogP contribution in [0.3, 0.4) is 0 Å². The van der Waals surface area contributed by atoms with E-state index >= 15 is 0 Å². The molecule has 0 saturated heterocycles. The van der Waals surface area contributed by atoms with Crippen LogP contribution in [0.2, 0.25) is 5.02 Å². The predicted molar refractivity (Wildman–Crippen MR) is 138 cm³/mol. The fourth-order valence-corrected chi connectivity index (χ4v) is 5.14. The minimum atomic E-state index is -0.767. The van der Waals surface area contributed by atoms with E-state index < -0.39 is 27.1 Å². The Morgan fingerprint density at radius 1 is 0.806 bits per heavy atom. The molecular weight excluding hydrogens is 504 g/mol. The summed E-state index contributed by atoms with van der Waals surface area (Å²) in [4.78, 5) is 39.3.